The fourth-order valence-electron chi connectivity index (χ4n) is 7.64. The van der Waals surface area contributed by atoms with Gasteiger partial charge in [0.2, 0.25) is 0 Å². The second kappa shape index (κ2) is 6.89. The zero-order valence-electron chi connectivity index (χ0n) is 19.4. The van der Waals surface area contributed by atoms with Crippen LogP contribution in [0.2, 0.25) is 0 Å². The van der Waals surface area contributed by atoms with E-state index in [2.05, 4.69) is 6.92 Å². The predicted molar refractivity (Wildman–Crippen MR) is 114 cm³/mol. The zero-order valence-corrected chi connectivity index (χ0v) is 19.4. The Bertz CT molecular complexity index is 952. The Labute approximate surface area is 188 Å². The third kappa shape index (κ3) is 2.96. The van der Waals surface area contributed by atoms with Gasteiger partial charge in [0.1, 0.15) is 11.4 Å². The minimum absolute atomic E-state index is 0.0769. The van der Waals surface area contributed by atoms with Gasteiger partial charge in [0.05, 0.1) is 18.1 Å². The van der Waals surface area contributed by atoms with E-state index in [1.165, 1.54) is 13.2 Å². The molecule has 5 atom stereocenters. The number of methoxy groups -OCH3 is 1. The van der Waals surface area contributed by atoms with Crippen molar-refractivity contribution in [1.82, 2.24) is 0 Å². The van der Waals surface area contributed by atoms with Crippen molar-refractivity contribution in [3.05, 3.63) is 28.8 Å². The van der Waals surface area contributed by atoms with E-state index in [4.69, 9.17) is 9.47 Å². The Hall–Kier alpha value is -1.72. The van der Waals surface area contributed by atoms with Crippen LogP contribution in [0.3, 0.4) is 0 Å². The zero-order chi connectivity index (χ0) is 23.1. The molecule has 4 unspecified atom stereocenters. The quantitative estimate of drug-likeness (QED) is 0.448. The van der Waals surface area contributed by atoms with E-state index in [1.807, 2.05) is 13.8 Å². The van der Waals surface area contributed by atoms with Crippen molar-refractivity contribution < 1.29 is 27.4 Å². The average Bonchev–Trinajstić information content (AvgIpc) is 3.01. The molecule has 4 aliphatic rings. The highest BCUT2D eigenvalue weighted by Crippen LogP contribution is 2.67. The Kier molecular flexibility index (Phi) is 4.76. The number of fused-ring (bicyclic) bond motifs is 6. The van der Waals surface area contributed by atoms with Crippen LogP contribution >= 0.6 is 0 Å². The second-order valence-electron chi connectivity index (χ2n) is 11.4. The predicted octanol–water partition coefficient (Wildman–Crippen LogP) is 6.67. The second-order valence-corrected chi connectivity index (χ2v) is 11.4. The number of aryl methyl sites for hydroxylation is 1. The molecule has 1 heterocycles. The molecule has 6 heteroatoms. The molecule has 1 aromatic rings. The molecule has 32 heavy (non-hydrogen) atoms. The van der Waals surface area contributed by atoms with Gasteiger partial charge in [-0.05, 0) is 106 Å². The van der Waals surface area contributed by atoms with Crippen LogP contribution in [0.25, 0.3) is 0 Å². The first kappa shape index (κ1) is 22.1. The summed E-state index contributed by atoms with van der Waals surface area (Å²) < 4.78 is 52.5. The number of alkyl halides is 3. The summed E-state index contributed by atoms with van der Waals surface area (Å²) in [5.41, 5.74) is 0.244. The van der Waals surface area contributed by atoms with Crippen molar-refractivity contribution in [2.24, 2.45) is 22.7 Å². The van der Waals surface area contributed by atoms with E-state index < -0.39 is 22.8 Å². The Balaban J connectivity index is 1.49. The van der Waals surface area contributed by atoms with Gasteiger partial charge in [0, 0.05) is 5.41 Å². The molecule has 176 valence electrons. The fraction of sp³-hybridized carbons (Fsp3) is 0.731. The Morgan fingerprint density at radius 3 is 2.44 bits per heavy atom. The SMILES string of the molecule is COc1cc2c(cc1C(F)(F)F)C1CCC3(C)C(CC[C@@]34CCC(C)(C)C(=O)O4)C1CC2. The maximum atomic E-state index is 13.7. The summed E-state index contributed by atoms with van der Waals surface area (Å²) in [5.74, 6) is 0.675. The van der Waals surface area contributed by atoms with Gasteiger partial charge in [-0.25, -0.2) is 0 Å². The number of carbonyl (C=O) groups excluding carboxylic acids is 1. The third-order valence-corrected chi connectivity index (χ3v) is 9.63. The van der Waals surface area contributed by atoms with Crippen molar-refractivity contribution in [3.63, 3.8) is 0 Å². The summed E-state index contributed by atoms with van der Waals surface area (Å²) in [7, 11) is 1.30. The molecule has 3 fully saturated rings. The van der Waals surface area contributed by atoms with Crippen LogP contribution in [0.5, 0.6) is 5.75 Å². The fourth-order valence-corrected chi connectivity index (χ4v) is 7.64. The molecule has 3 nitrogen and oxygen atoms in total. The number of ether oxygens (including phenoxy) is 2. The normalized spacial score (nSPS) is 38.0. The van der Waals surface area contributed by atoms with Gasteiger partial charge in [-0.3, -0.25) is 4.79 Å². The molecule has 2 saturated carbocycles. The summed E-state index contributed by atoms with van der Waals surface area (Å²) >= 11 is 0. The largest absolute Gasteiger partial charge is 0.496 e. The van der Waals surface area contributed by atoms with Gasteiger partial charge in [0.25, 0.3) is 0 Å². The lowest BCUT2D eigenvalue weighted by atomic mass is 9.52. The first-order valence-corrected chi connectivity index (χ1v) is 11.9. The molecule has 1 aromatic carbocycles. The number of halogens is 3. The summed E-state index contributed by atoms with van der Waals surface area (Å²) in [6.07, 6.45) is 2.64. The topological polar surface area (TPSA) is 35.5 Å². The lowest BCUT2D eigenvalue weighted by molar-refractivity contribution is -0.206. The number of esters is 1. The number of rotatable bonds is 1. The third-order valence-electron chi connectivity index (χ3n) is 9.63. The van der Waals surface area contributed by atoms with Gasteiger partial charge in [-0.15, -0.1) is 0 Å². The standard InChI is InChI=1S/C26H33F3O3/c1-23(2)11-12-25(32-22(23)30)10-8-19-17-6-5-15-13-21(31-4)20(26(27,28)29)14-18(15)16(17)7-9-24(19,25)3/h13-14,16-17,19H,5-12H2,1-4H3/t16?,17?,19?,24?,25-/m1/s1. The summed E-state index contributed by atoms with van der Waals surface area (Å²) in [6.45, 7) is 6.20. The van der Waals surface area contributed by atoms with Gasteiger partial charge >= 0.3 is 12.1 Å². The van der Waals surface area contributed by atoms with Crippen molar-refractivity contribution >= 4 is 5.97 Å². The van der Waals surface area contributed by atoms with E-state index >= 15 is 0 Å². The molecular formula is C26H33F3O3. The maximum Gasteiger partial charge on any atom is 0.419 e. The molecule has 1 aliphatic heterocycles. The van der Waals surface area contributed by atoms with Crippen molar-refractivity contribution in [3.8, 4) is 5.75 Å². The highest BCUT2D eigenvalue weighted by Gasteiger charge is 2.65. The Morgan fingerprint density at radius 1 is 1.03 bits per heavy atom. The van der Waals surface area contributed by atoms with E-state index in [0.29, 0.717) is 11.8 Å². The first-order chi connectivity index (χ1) is 14.9. The average molecular weight is 451 g/mol. The van der Waals surface area contributed by atoms with Gasteiger partial charge in [0.15, 0.2) is 0 Å². The van der Waals surface area contributed by atoms with Crippen LogP contribution in [-0.2, 0) is 22.1 Å². The van der Waals surface area contributed by atoms with Crippen molar-refractivity contribution in [2.45, 2.75) is 89.8 Å². The van der Waals surface area contributed by atoms with E-state index in [-0.39, 0.29) is 23.1 Å². The summed E-state index contributed by atoms with van der Waals surface area (Å²) in [6, 6.07) is 2.98. The van der Waals surface area contributed by atoms with Crippen LogP contribution in [0.15, 0.2) is 12.1 Å². The van der Waals surface area contributed by atoms with Gasteiger partial charge < -0.3 is 9.47 Å². The highest BCUT2D eigenvalue weighted by molar-refractivity contribution is 5.77. The molecule has 0 aromatic heterocycles. The molecule has 3 aliphatic carbocycles. The smallest absolute Gasteiger partial charge is 0.419 e. The van der Waals surface area contributed by atoms with E-state index in [0.717, 1.165) is 62.5 Å². The first-order valence-electron chi connectivity index (χ1n) is 11.9. The Morgan fingerprint density at radius 2 is 1.78 bits per heavy atom. The molecule has 0 radical (unpaired) electrons. The van der Waals surface area contributed by atoms with Crippen LogP contribution in [0.4, 0.5) is 13.2 Å². The lowest BCUT2D eigenvalue weighted by Crippen LogP contribution is -2.56. The molecule has 0 N–H and O–H groups in total. The van der Waals surface area contributed by atoms with E-state index in [1.54, 1.807) is 6.07 Å². The lowest BCUT2D eigenvalue weighted by Gasteiger charge is -2.56. The summed E-state index contributed by atoms with van der Waals surface area (Å²) in [5, 5.41) is 0. The van der Waals surface area contributed by atoms with Gasteiger partial charge in [-0.2, -0.15) is 13.2 Å². The number of hydrogen-bond acceptors (Lipinski definition) is 3. The molecular weight excluding hydrogens is 417 g/mol. The van der Waals surface area contributed by atoms with Crippen LogP contribution in [0, 0.1) is 22.7 Å². The summed E-state index contributed by atoms with van der Waals surface area (Å²) in [4.78, 5) is 12.8. The number of carbonyl (C=O) groups is 1. The van der Waals surface area contributed by atoms with E-state index in [9.17, 15) is 18.0 Å². The molecule has 0 amide bonds. The van der Waals surface area contributed by atoms with Crippen LogP contribution in [0.1, 0.15) is 88.3 Å². The van der Waals surface area contributed by atoms with Crippen LogP contribution < -0.4 is 4.74 Å². The van der Waals surface area contributed by atoms with Crippen LogP contribution in [-0.4, -0.2) is 18.7 Å². The molecule has 5 rings (SSSR count). The van der Waals surface area contributed by atoms with Crippen molar-refractivity contribution in [1.29, 1.82) is 0 Å². The maximum absolute atomic E-state index is 13.7. The number of benzene rings is 1. The minimum atomic E-state index is -4.43. The number of hydrogen-bond donors (Lipinski definition) is 0. The monoisotopic (exact) mass is 450 g/mol. The molecule has 0 bridgehead atoms. The van der Waals surface area contributed by atoms with Crippen molar-refractivity contribution in [2.75, 3.05) is 7.11 Å². The molecule has 1 saturated heterocycles. The van der Waals surface area contributed by atoms with Gasteiger partial charge in [-0.1, -0.05) is 6.92 Å². The minimum Gasteiger partial charge on any atom is -0.496 e. The molecule has 1 spiro atoms. The highest BCUT2D eigenvalue weighted by atomic mass is 19.4.